The second kappa shape index (κ2) is 6.71. The number of fused-ring (bicyclic) bond motifs is 1. The highest BCUT2D eigenvalue weighted by molar-refractivity contribution is 6.02. The zero-order valence-corrected chi connectivity index (χ0v) is 15.4. The maximum absolute atomic E-state index is 12.6. The highest BCUT2D eigenvalue weighted by Gasteiger charge is 2.36. The van der Waals surface area contributed by atoms with Gasteiger partial charge < -0.3 is 20.3 Å². The first-order chi connectivity index (χ1) is 12.3. The van der Waals surface area contributed by atoms with Gasteiger partial charge in [0.25, 0.3) is 0 Å². The standard InChI is InChI=1S/C20H23N3O3/c1-13-5-7-14(8-6-13)21-19(25)22-15-9-10-17-16(11-15)23(4)18(24)20(2,3)12-26-17/h5-11H,12H2,1-4H3,(H2,21,22,25). The topological polar surface area (TPSA) is 70.7 Å². The van der Waals surface area contributed by atoms with Crippen molar-refractivity contribution in [1.82, 2.24) is 0 Å². The van der Waals surface area contributed by atoms with E-state index in [0.717, 1.165) is 5.56 Å². The number of ether oxygens (including phenoxy) is 1. The lowest BCUT2D eigenvalue weighted by Crippen LogP contribution is -2.39. The Morgan fingerprint density at radius 1 is 1.08 bits per heavy atom. The van der Waals surface area contributed by atoms with Crippen molar-refractivity contribution >= 4 is 29.0 Å². The van der Waals surface area contributed by atoms with Crippen LogP contribution in [0.5, 0.6) is 5.75 Å². The van der Waals surface area contributed by atoms with Crippen molar-refractivity contribution in [3.8, 4) is 5.75 Å². The van der Waals surface area contributed by atoms with Crippen LogP contribution >= 0.6 is 0 Å². The van der Waals surface area contributed by atoms with Gasteiger partial charge in [0.05, 0.1) is 11.1 Å². The number of carbonyl (C=O) groups excluding carboxylic acids is 2. The van der Waals surface area contributed by atoms with Gasteiger partial charge >= 0.3 is 6.03 Å². The molecule has 0 radical (unpaired) electrons. The molecule has 2 aromatic carbocycles. The van der Waals surface area contributed by atoms with Crippen LogP contribution in [-0.2, 0) is 4.79 Å². The van der Waals surface area contributed by atoms with E-state index < -0.39 is 5.41 Å². The molecule has 2 N–H and O–H groups in total. The molecule has 0 saturated carbocycles. The molecule has 6 heteroatoms. The van der Waals surface area contributed by atoms with Crippen molar-refractivity contribution in [2.45, 2.75) is 20.8 Å². The highest BCUT2D eigenvalue weighted by atomic mass is 16.5. The summed E-state index contributed by atoms with van der Waals surface area (Å²) in [6.07, 6.45) is 0. The van der Waals surface area contributed by atoms with Gasteiger partial charge in [0.2, 0.25) is 5.91 Å². The first-order valence-electron chi connectivity index (χ1n) is 8.46. The molecule has 1 heterocycles. The molecule has 1 aliphatic heterocycles. The van der Waals surface area contributed by atoms with Crippen molar-refractivity contribution < 1.29 is 14.3 Å². The monoisotopic (exact) mass is 353 g/mol. The summed E-state index contributed by atoms with van der Waals surface area (Å²) in [4.78, 5) is 26.4. The van der Waals surface area contributed by atoms with Gasteiger partial charge in [-0.3, -0.25) is 4.79 Å². The molecule has 0 saturated heterocycles. The third kappa shape index (κ3) is 3.64. The van der Waals surface area contributed by atoms with E-state index in [4.69, 9.17) is 4.74 Å². The van der Waals surface area contributed by atoms with E-state index in [-0.39, 0.29) is 11.9 Å². The van der Waals surface area contributed by atoms with Gasteiger partial charge in [-0.05, 0) is 51.1 Å². The van der Waals surface area contributed by atoms with E-state index >= 15 is 0 Å². The van der Waals surface area contributed by atoms with E-state index in [1.165, 1.54) is 0 Å². The minimum atomic E-state index is -0.607. The van der Waals surface area contributed by atoms with Crippen LogP contribution in [0, 0.1) is 12.3 Å². The number of anilines is 3. The smallest absolute Gasteiger partial charge is 0.323 e. The fraction of sp³-hybridized carbons (Fsp3) is 0.300. The van der Waals surface area contributed by atoms with Crippen LogP contribution in [0.2, 0.25) is 0 Å². The Kier molecular flexibility index (Phi) is 4.59. The van der Waals surface area contributed by atoms with Crippen LogP contribution in [0.25, 0.3) is 0 Å². The van der Waals surface area contributed by atoms with Crippen molar-refractivity contribution in [2.75, 3.05) is 29.2 Å². The van der Waals surface area contributed by atoms with Gasteiger partial charge in [-0.25, -0.2) is 4.79 Å². The lowest BCUT2D eigenvalue weighted by molar-refractivity contribution is -0.127. The molecule has 1 aliphatic rings. The molecular formula is C20H23N3O3. The maximum Gasteiger partial charge on any atom is 0.323 e. The molecule has 0 aliphatic carbocycles. The molecule has 3 rings (SSSR count). The fourth-order valence-electron chi connectivity index (χ4n) is 2.79. The van der Waals surface area contributed by atoms with Gasteiger partial charge in [-0.1, -0.05) is 17.7 Å². The average molecular weight is 353 g/mol. The zero-order chi connectivity index (χ0) is 18.9. The minimum Gasteiger partial charge on any atom is -0.490 e. The van der Waals surface area contributed by atoms with Gasteiger partial charge in [-0.2, -0.15) is 0 Å². The summed E-state index contributed by atoms with van der Waals surface area (Å²) in [5, 5.41) is 5.57. The van der Waals surface area contributed by atoms with E-state index in [1.807, 2.05) is 45.0 Å². The van der Waals surface area contributed by atoms with Gasteiger partial charge in [0, 0.05) is 18.4 Å². The van der Waals surface area contributed by atoms with E-state index in [0.29, 0.717) is 29.4 Å². The Balaban J connectivity index is 1.76. The lowest BCUT2D eigenvalue weighted by atomic mass is 9.93. The number of nitrogens with zero attached hydrogens (tertiary/aromatic N) is 1. The summed E-state index contributed by atoms with van der Waals surface area (Å²) in [7, 11) is 1.72. The molecule has 6 nitrogen and oxygen atoms in total. The Labute approximate surface area is 153 Å². The molecule has 0 fully saturated rings. The molecule has 0 spiro atoms. The predicted octanol–water partition coefficient (Wildman–Crippen LogP) is 4.02. The molecule has 136 valence electrons. The SMILES string of the molecule is Cc1ccc(NC(=O)Nc2ccc3c(c2)N(C)C(=O)C(C)(C)CO3)cc1. The van der Waals surface area contributed by atoms with Crippen molar-refractivity contribution in [2.24, 2.45) is 5.41 Å². The second-order valence-corrected chi connectivity index (χ2v) is 7.16. The summed E-state index contributed by atoms with van der Waals surface area (Å²) in [5.41, 5.74) is 2.44. The first-order valence-corrected chi connectivity index (χ1v) is 8.46. The largest absolute Gasteiger partial charge is 0.490 e. The average Bonchev–Trinajstić information content (AvgIpc) is 2.68. The van der Waals surface area contributed by atoms with E-state index in [1.54, 1.807) is 30.1 Å². The summed E-state index contributed by atoms with van der Waals surface area (Å²) in [6.45, 7) is 6.00. The number of rotatable bonds is 2. The number of hydrogen-bond donors (Lipinski definition) is 2. The third-order valence-electron chi connectivity index (χ3n) is 4.36. The number of benzene rings is 2. The number of hydrogen-bond acceptors (Lipinski definition) is 3. The van der Waals surface area contributed by atoms with Crippen LogP contribution < -0.4 is 20.3 Å². The number of urea groups is 1. The Morgan fingerprint density at radius 3 is 2.38 bits per heavy atom. The lowest BCUT2D eigenvalue weighted by Gasteiger charge is -2.24. The highest BCUT2D eigenvalue weighted by Crippen LogP contribution is 2.37. The molecular weight excluding hydrogens is 330 g/mol. The summed E-state index contributed by atoms with van der Waals surface area (Å²) >= 11 is 0. The first kappa shape index (κ1) is 17.8. The molecule has 0 atom stereocenters. The number of nitrogens with one attached hydrogen (secondary N) is 2. The van der Waals surface area contributed by atoms with Crippen molar-refractivity contribution in [1.29, 1.82) is 0 Å². The summed E-state index contributed by atoms with van der Waals surface area (Å²) < 4.78 is 5.78. The molecule has 0 aromatic heterocycles. The predicted molar refractivity (Wildman–Crippen MR) is 103 cm³/mol. The zero-order valence-electron chi connectivity index (χ0n) is 15.4. The van der Waals surface area contributed by atoms with Crippen LogP contribution in [0.1, 0.15) is 19.4 Å². The van der Waals surface area contributed by atoms with Crippen molar-refractivity contribution in [3.63, 3.8) is 0 Å². The Morgan fingerprint density at radius 2 is 1.69 bits per heavy atom. The van der Waals surface area contributed by atoms with Crippen LogP contribution in [0.4, 0.5) is 21.9 Å². The summed E-state index contributed by atoms with van der Waals surface area (Å²) in [5.74, 6) is 0.591. The van der Waals surface area contributed by atoms with Gasteiger partial charge in [0.15, 0.2) is 0 Å². The normalized spacial score (nSPS) is 15.5. The van der Waals surface area contributed by atoms with Gasteiger partial charge in [0.1, 0.15) is 12.4 Å². The number of carbonyl (C=O) groups is 2. The molecule has 0 bridgehead atoms. The minimum absolute atomic E-state index is 0.0301. The third-order valence-corrected chi connectivity index (χ3v) is 4.36. The Bertz CT molecular complexity index is 844. The fourth-order valence-corrected chi connectivity index (χ4v) is 2.79. The second-order valence-electron chi connectivity index (χ2n) is 7.16. The number of amides is 3. The molecule has 0 unspecified atom stereocenters. The molecule has 2 aromatic rings. The quantitative estimate of drug-likeness (QED) is 0.857. The molecule has 26 heavy (non-hydrogen) atoms. The van der Waals surface area contributed by atoms with Crippen LogP contribution in [-0.4, -0.2) is 25.6 Å². The number of aryl methyl sites for hydroxylation is 1. The van der Waals surface area contributed by atoms with E-state index in [9.17, 15) is 9.59 Å². The van der Waals surface area contributed by atoms with Crippen LogP contribution in [0.15, 0.2) is 42.5 Å². The van der Waals surface area contributed by atoms with Crippen molar-refractivity contribution in [3.05, 3.63) is 48.0 Å². The van der Waals surface area contributed by atoms with Crippen LogP contribution in [0.3, 0.4) is 0 Å². The Hall–Kier alpha value is -3.02. The van der Waals surface area contributed by atoms with E-state index in [2.05, 4.69) is 10.6 Å². The van der Waals surface area contributed by atoms with Gasteiger partial charge in [-0.15, -0.1) is 0 Å². The summed E-state index contributed by atoms with van der Waals surface area (Å²) in [6, 6.07) is 12.4. The maximum atomic E-state index is 12.6. The molecule has 3 amide bonds.